The van der Waals surface area contributed by atoms with E-state index in [1.807, 2.05) is 53.4 Å². The Labute approximate surface area is 264 Å². The number of benzene rings is 2. The number of nitrogens with one attached hydrogen (secondary N) is 1. The molecule has 238 valence electrons. The minimum absolute atomic E-state index is 0.0100. The second-order valence-electron chi connectivity index (χ2n) is 11.8. The smallest absolute Gasteiger partial charge is 0.245 e. The summed E-state index contributed by atoms with van der Waals surface area (Å²) >= 11 is 0. The highest BCUT2D eigenvalue weighted by atomic mass is 32.2. The maximum absolute atomic E-state index is 13.3. The second kappa shape index (κ2) is 12.6. The van der Waals surface area contributed by atoms with E-state index in [0.29, 0.717) is 29.6 Å². The summed E-state index contributed by atoms with van der Waals surface area (Å²) in [5, 5.41) is 8.04. The maximum Gasteiger partial charge on any atom is 0.245 e. The Hall–Kier alpha value is -4.36. The Bertz CT molecular complexity index is 1800. The molecular weight excluding hydrogens is 592 g/mol. The van der Waals surface area contributed by atoms with Crippen LogP contribution in [-0.2, 0) is 14.8 Å². The number of carbonyl (C=O) groups is 1. The Morgan fingerprint density at radius 1 is 1.04 bits per heavy atom. The van der Waals surface area contributed by atoms with Gasteiger partial charge in [-0.1, -0.05) is 18.2 Å². The van der Waals surface area contributed by atoms with E-state index in [2.05, 4.69) is 27.1 Å². The summed E-state index contributed by atoms with van der Waals surface area (Å²) in [7, 11) is 1.80. The van der Waals surface area contributed by atoms with E-state index in [1.165, 1.54) is 17.6 Å². The minimum atomic E-state index is -3.46. The van der Waals surface area contributed by atoms with Crippen molar-refractivity contribution in [3.05, 3.63) is 60.8 Å². The number of piperazine rings is 1. The fourth-order valence-electron chi connectivity index (χ4n) is 6.10. The number of para-hydroxylation sites is 1. The molecule has 45 heavy (non-hydrogen) atoms. The number of ether oxygens (including phenoxy) is 1. The van der Waals surface area contributed by atoms with Gasteiger partial charge in [0.2, 0.25) is 21.9 Å². The molecule has 4 aromatic rings. The first kappa shape index (κ1) is 30.7. The van der Waals surface area contributed by atoms with Gasteiger partial charge in [-0.2, -0.15) is 0 Å². The highest BCUT2D eigenvalue weighted by molar-refractivity contribution is 7.92. The van der Waals surface area contributed by atoms with Gasteiger partial charge in [0.15, 0.2) is 0 Å². The number of hydrogen-bond acceptors (Lipinski definition) is 9. The van der Waals surface area contributed by atoms with Crippen LogP contribution in [0.3, 0.4) is 0 Å². The number of amides is 1. The fourth-order valence-corrected chi connectivity index (χ4v) is 6.62. The van der Waals surface area contributed by atoms with Gasteiger partial charge in [-0.05, 0) is 50.2 Å². The van der Waals surface area contributed by atoms with Crippen LogP contribution in [0.1, 0.15) is 12.8 Å². The minimum Gasteiger partial charge on any atom is -0.494 e. The highest BCUT2D eigenvalue weighted by Crippen LogP contribution is 2.35. The standard InChI is InChI=1S/C32H40N8O4S/c1-36-16-18-38(19-17-36)31(41)23-8-7-15-39(22-23)24-11-13-27(30(20-24)44-3)34-32-33-21-25-12-14-29(40(25)35-32)26-9-5-6-10-28(26)37(2)45(4,42)43/h5-6,9-14,20-21,23H,7-8,15-19,22H2,1-4H3,(H,34,35)/t23-/m0/s1. The quantitative estimate of drug-likeness (QED) is 0.312. The average Bonchev–Trinajstić information content (AvgIpc) is 3.47. The summed E-state index contributed by atoms with van der Waals surface area (Å²) in [6.07, 6.45) is 4.77. The lowest BCUT2D eigenvalue weighted by Crippen LogP contribution is -2.51. The van der Waals surface area contributed by atoms with Crippen molar-refractivity contribution < 1.29 is 17.9 Å². The van der Waals surface area contributed by atoms with Crippen LogP contribution in [0.4, 0.5) is 23.0 Å². The molecule has 13 heteroatoms. The van der Waals surface area contributed by atoms with Crippen molar-refractivity contribution in [2.45, 2.75) is 12.8 Å². The average molecular weight is 633 g/mol. The first-order valence-corrected chi connectivity index (χ1v) is 17.0. The van der Waals surface area contributed by atoms with Crippen LogP contribution in [0.25, 0.3) is 16.8 Å². The van der Waals surface area contributed by atoms with Gasteiger partial charge in [0.05, 0.1) is 48.1 Å². The van der Waals surface area contributed by atoms with Crippen LogP contribution < -0.4 is 19.3 Å². The summed E-state index contributed by atoms with van der Waals surface area (Å²) in [5.41, 5.74) is 4.48. The number of anilines is 4. The van der Waals surface area contributed by atoms with Crippen LogP contribution in [-0.4, -0.2) is 105 Å². The lowest BCUT2D eigenvalue weighted by Gasteiger charge is -2.39. The summed E-state index contributed by atoms with van der Waals surface area (Å²) in [4.78, 5) is 24.4. The van der Waals surface area contributed by atoms with Crippen molar-refractivity contribution in [3.8, 4) is 17.0 Å². The molecule has 2 aromatic heterocycles. The van der Waals surface area contributed by atoms with E-state index < -0.39 is 10.0 Å². The zero-order chi connectivity index (χ0) is 31.7. The van der Waals surface area contributed by atoms with Gasteiger partial charge in [-0.25, -0.2) is 17.9 Å². The summed E-state index contributed by atoms with van der Waals surface area (Å²) in [6, 6.07) is 17.1. The number of fused-ring (bicyclic) bond motifs is 1. The molecule has 0 radical (unpaired) electrons. The van der Waals surface area contributed by atoms with E-state index in [9.17, 15) is 13.2 Å². The number of methoxy groups -OCH3 is 1. The molecule has 4 heterocycles. The lowest BCUT2D eigenvalue weighted by atomic mass is 9.95. The van der Waals surface area contributed by atoms with Crippen LogP contribution in [0.15, 0.2) is 60.8 Å². The van der Waals surface area contributed by atoms with Gasteiger partial charge in [-0.3, -0.25) is 9.10 Å². The largest absolute Gasteiger partial charge is 0.494 e. The molecule has 0 unspecified atom stereocenters. The molecule has 0 aliphatic carbocycles. The van der Waals surface area contributed by atoms with Crippen molar-refractivity contribution in [2.75, 3.05) is 81.3 Å². The molecular formula is C32H40N8O4S. The van der Waals surface area contributed by atoms with Crippen LogP contribution >= 0.6 is 0 Å². The molecule has 0 saturated carbocycles. The second-order valence-corrected chi connectivity index (χ2v) is 13.8. The van der Waals surface area contributed by atoms with Crippen LogP contribution in [0, 0.1) is 5.92 Å². The predicted molar refractivity (Wildman–Crippen MR) is 177 cm³/mol. The summed E-state index contributed by atoms with van der Waals surface area (Å²) in [6.45, 7) is 5.00. The zero-order valence-electron chi connectivity index (χ0n) is 26.2. The van der Waals surface area contributed by atoms with E-state index in [1.54, 1.807) is 23.9 Å². The SMILES string of the molecule is COc1cc(N2CCC[C@H](C(=O)N3CCN(C)CC3)C2)ccc1Nc1ncc2ccc(-c3ccccc3N(C)S(C)(=O)=O)n2n1. The molecule has 2 aliphatic rings. The number of carbonyl (C=O) groups excluding carboxylic acids is 1. The number of piperidine rings is 1. The fraction of sp³-hybridized carbons (Fsp3) is 0.406. The van der Waals surface area contributed by atoms with Crippen molar-refractivity contribution >= 4 is 44.5 Å². The topological polar surface area (TPSA) is 116 Å². The van der Waals surface area contributed by atoms with Crippen molar-refractivity contribution in [3.63, 3.8) is 0 Å². The molecule has 6 rings (SSSR count). The predicted octanol–water partition coefficient (Wildman–Crippen LogP) is 3.53. The molecule has 1 atom stereocenters. The van der Waals surface area contributed by atoms with Crippen molar-refractivity contribution in [1.82, 2.24) is 24.4 Å². The number of sulfonamides is 1. The number of nitrogens with zero attached hydrogens (tertiary/aromatic N) is 7. The van der Waals surface area contributed by atoms with E-state index in [4.69, 9.17) is 9.84 Å². The van der Waals surface area contributed by atoms with Gasteiger partial charge in [-0.15, -0.1) is 5.10 Å². The zero-order valence-corrected chi connectivity index (χ0v) is 27.0. The number of likely N-dealkylation sites (N-methyl/N-ethyl adjacent to an activating group) is 1. The third kappa shape index (κ3) is 6.40. The van der Waals surface area contributed by atoms with Crippen molar-refractivity contribution in [1.29, 1.82) is 0 Å². The van der Waals surface area contributed by atoms with Crippen LogP contribution in [0.2, 0.25) is 0 Å². The third-order valence-electron chi connectivity index (χ3n) is 8.80. The summed E-state index contributed by atoms with van der Waals surface area (Å²) in [5.74, 6) is 1.25. The molecule has 1 N–H and O–H groups in total. The monoisotopic (exact) mass is 632 g/mol. The van der Waals surface area contributed by atoms with E-state index in [-0.39, 0.29) is 11.8 Å². The molecule has 2 aliphatic heterocycles. The third-order valence-corrected chi connectivity index (χ3v) is 9.99. The van der Waals surface area contributed by atoms with Gasteiger partial charge >= 0.3 is 0 Å². The molecule has 0 bridgehead atoms. The van der Waals surface area contributed by atoms with E-state index in [0.717, 1.165) is 68.0 Å². The Kier molecular flexibility index (Phi) is 8.56. The number of hydrogen-bond donors (Lipinski definition) is 1. The summed E-state index contributed by atoms with van der Waals surface area (Å²) < 4.78 is 33.4. The Morgan fingerprint density at radius 2 is 1.82 bits per heavy atom. The normalized spacial score (nSPS) is 17.8. The molecule has 2 aromatic carbocycles. The van der Waals surface area contributed by atoms with E-state index >= 15 is 0 Å². The Morgan fingerprint density at radius 3 is 2.58 bits per heavy atom. The molecule has 2 saturated heterocycles. The first-order chi connectivity index (χ1) is 21.6. The van der Waals surface area contributed by atoms with Gasteiger partial charge in [0, 0.05) is 63.6 Å². The number of rotatable bonds is 8. The molecule has 1 amide bonds. The van der Waals surface area contributed by atoms with Crippen LogP contribution in [0.5, 0.6) is 5.75 Å². The van der Waals surface area contributed by atoms with Gasteiger partial charge in [0.1, 0.15) is 5.75 Å². The highest BCUT2D eigenvalue weighted by Gasteiger charge is 2.31. The van der Waals surface area contributed by atoms with Crippen molar-refractivity contribution in [2.24, 2.45) is 5.92 Å². The number of aromatic nitrogens is 3. The molecule has 2 fully saturated rings. The Balaban J connectivity index is 1.22. The molecule has 12 nitrogen and oxygen atoms in total. The van der Waals surface area contributed by atoms with Gasteiger partial charge in [0.25, 0.3) is 0 Å². The lowest BCUT2D eigenvalue weighted by molar-refractivity contribution is -0.137. The molecule has 0 spiro atoms. The first-order valence-electron chi connectivity index (χ1n) is 15.2. The maximum atomic E-state index is 13.3. The van der Waals surface area contributed by atoms with Gasteiger partial charge < -0.3 is 24.8 Å².